The molecule has 112 valence electrons. The van der Waals surface area contributed by atoms with Gasteiger partial charge in [0.05, 0.1) is 14.2 Å². The van der Waals surface area contributed by atoms with Crippen LogP contribution in [0.4, 0.5) is 8.78 Å². The van der Waals surface area contributed by atoms with Crippen LogP contribution in [0.1, 0.15) is 5.56 Å². The molecule has 0 aliphatic rings. The van der Waals surface area contributed by atoms with Crippen LogP contribution >= 0.6 is 0 Å². The molecular weight excluding hydrogens is 286 g/mol. The SMILES string of the molecule is COc1cc(/C=C(\C#N)C(N)=O)cc(OC)c1OC(F)F. The molecule has 0 fully saturated rings. The molecule has 21 heavy (non-hydrogen) atoms. The van der Waals surface area contributed by atoms with Gasteiger partial charge >= 0.3 is 6.61 Å². The second-order valence-corrected chi connectivity index (χ2v) is 3.67. The van der Waals surface area contributed by atoms with Crippen LogP contribution in [0.2, 0.25) is 0 Å². The van der Waals surface area contributed by atoms with Crippen molar-refractivity contribution < 1.29 is 27.8 Å². The number of benzene rings is 1. The Morgan fingerprint density at radius 3 is 2.19 bits per heavy atom. The number of hydrogen-bond donors (Lipinski definition) is 1. The summed E-state index contributed by atoms with van der Waals surface area (Å²) in [5.74, 6) is -1.28. The van der Waals surface area contributed by atoms with Crippen LogP contribution in [0, 0.1) is 11.3 Å². The number of amides is 1. The number of carbonyl (C=O) groups is 1. The number of primary amides is 1. The largest absolute Gasteiger partial charge is 0.493 e. The first kappa shape index (κ1) is 16.2. The number of ether oxygens (including phenoxy) is 3. The molecule has 1 rings (SSSR count). The third-order valence-corrected chi connectivity index (χ3v) is 2.39. The summed E-state index contributed by atoms with van der Waals surface area (Å²) in [7, 11) is 2.50. The summed E-state index contributed by atoms with van der Waals surface area (Å²) < 4.78 is 39.0. The molecule has 0 saturated carbocycles. The van der Waals surface area contributed by atoms with Crippen LogP contribution in [0.15, 0.2) is 17.7 Å². The lowest BCUT2D eigenvalue weighted by Gasteiger charge is -2.14. The molecule has 1 amide bonds. The number of hydrogen-bond acceptors (Lipinski definition) is 5. The zero-order valence-corrected chi connectivity index (χ0v) is 11.2. The van der Waals surface area contributed by atoms with Gasteiger partial charge in [-0.05, 0) is 23.8 Å². The number of nitrogens with zero attached hydrogens (tertiary/aromatic N) is 1. The van der Waals surface area contributed by atoms with Gasteiger partial charge in [0.2, 0.25) is 5.75 Å². The Morgan fingerprint density at radius 2 is 1.86 bits per heavy atom. The van der Waals surface area contributed by atoms with Crippen molar-refractivity contribution in [2.24, 2.45) is 5.73 Å². The Labute approximate surface area is 119 Å². The number of carbonyl (C=O) groups excluding carboxylic acids is 1. The first-order valence-electron chi connectivity index (χ1n) is 5.55. The van der Waals surface area contributed by atoms with Crippen molar-refractivity contribution in [1.29, 1.82) is 5.26 Å². The molecule has 0 bridgehead atoms. The van der Waals surface area contributed by atoms with Crippen molar-refractivity contribution in [2.45, 2.75) is 6.61 Å². The Bertz CT molecular complexity index is 584. The van der Waals surface area contributed by atoms with Gasteiger partial charge in [-0.2, -0.15) is 14.0 Å². The van der Waals surface area contributed by atoms with Gasteiger partial charge in [0.25, 0.3) is 5.91 Å². The van der Waals surface area contributed by atoms with E-state index in [0.717, 1.165) is 0 Å². The van der Waals surface area contributed by atoms with E-state index in [0.29, 0.717) is 5.56 Å². The minimum Gasteiger partial charge on any atom is -0.493 e. The molecule has 0 aromatic heterocycles. The fraction of sp³-hybridized carbons (Fsp3) is 0.231. The highest BCUT2D eigenvalue weighted by Gasteiger charge is 2.18. The van der Waals surface area contributed by atoms with E-state index < -0.39 is 12.5 Å². The maximum atomic E-state index is 12.4. The minimum absolute atomic E-state index is 0.0392. The maximum Gasteiger partial charge on any atom is 0.387 e. The van der Waals surface area contributed by atoms with E-state index in [4.69, 9.17) is 20.5 Å². The van der Waals surface area contributed by atoms with E-state index in [9.17, 15) is 13.6 Å². The average Bonchev–Trinajstić information content (AvgIpc) is 2.44. The predicted octanol–water partition coefficient (Wildman–Crippen LogP) is 1.70. The van der Waals surface area contributed by atoms with Crippen LogP contribution < -0.4 is 19.9 Å². The molecule has 6 nitrogen and oxygen atoms in total. The fourth-order valence-electron chi connectivity index (χ4n) is 1.51. The lowest BCUT2D eigenvalue weighted by atomic mass is 10.1. The first-order chi connectivity index (χ1) is 9.92. The summed E-state index contributed by atoms with van der Waals surface area (Å²) in [5.41, 5.74) is 5.02. The molecule has 0 saturated heterocycles. The van der Waals surface area contributed by atoms with Crippen molar-refractivity contribution in [1.82, 2.24) is 0 Å². The number of alkyl halides is 2. The van der Waals surface area contributed by atoms with E-state index in [1.165, 1.54) is 32.4 Å². The third kappa shape index (κ3) is 4.07. The summed E-state index contributed by atoms with van der Waals surface area (Å²) in [6.45, 7) is -3.06. The van der Waals surface area contributed by atoms with Gasteiger partial charge < -0.3 is 19.9 Å². The van der Waals surface area contributed by atoms with E-state index in [-0.39, 0.29) is 22.8 Å². The standard InChI is InChI=1S/C13H12F2N2O4/c1-19-9-4-7(3-8(6-16)12(17)18)5-10(20-2)11(9)21-13(14)15/h3-5,13H,1-2H3,(H2,17,18)/b8-3+. The van der Waals surface area contributed by atoms with Crippen LogP contribution in [-0.2, 0) is 4.79 Å². The second-order valence-electron chi connectivity index (χ2n) is 3.67. The van der Waals surface area contributed by atoms with Crippen molar-refractivity contribution >= 4 is 12.0 Å². The molecule has 1 aromatic rings. The molecule has 0 aliphatic carbocycles. The highest BCUT2D eigenvalue weighted by Crippen LogP contribution is 2.40. The summed E-state index contributed by atoms with van der Waals surface area (Å²) in [6.07, 6.45) is 1.18. The quantitative estimate of drug-likeness (QED) is 0.637. The molecule has 1 aromatic carbocycles. The van der Waals surface area contributed by atoms with Gasteiger partial charge in [-0.15, -0.1) is 0 Å². The average molecular weight is 298 g/mol. The van der Waals surface area contributed by atoms with Gasteiger partial charge in [0.1, 0.15) is 11.6 Å². The molecule has 8 heteroatoms. The fourth-order valence-corrected chi connectivity index (χ4v) is 1.51. The van der Waals surface area contributed by atoms with E-state index >= 15 is 0 Å². The second kappa shape index (κ2) is 7.09. The minimum atomic E-state index is -3.06. The van der Waals surface area contributed by atoms with E-state index in [1.54, 1.807) is 6.07 Å². The summed E-state index contributed by atoms with van der Waals surface area (Å²) in [4.78, 5) is 11.0. The monoisotopic (exact) mass is 298 g/mol. The van der Waals surface area contributed by atoms with Gasteiger partial charge in [-0.3, -0.25) is 4.79 Å². The van der Waals surface area contributed by atoms with Crippen molar-refractivity contribution in [3.05, 3.63) is 23.3 Å². The molecule has 0 aliphatic heterocycles. The first-order valence-corrected chi connectivity index (χ1v) is 5.55. The van der Waals surface area contributed by atoms with Gasteiger partial charge in [-0.1, -0.05) is 0 Å². The van der Waals surface area contributed by atoms with Gasteiger partial charge in [0.15, 0.2) is 11.5 Å². The smallest absolute Gasteiger partial charge is 0.387 e. The maximum absolute atomic E-state index is 12.4. The summed E-state index contributed by atoms with van der Waals surface area (Å²) in [6, 6.07) is 4.24. The number of halogens is 2. The predicted molar refractivity (Wildman–Crippen MR) is 69.0 cm³/mol. The van der Waals surface area contributed by atoms with Crippen molar-refractivity contribution in [3.8, 4) is 23.3 Å². The highest BCUT2D eigenvalue weighted by molar-refractivity contribution is 6.00. The normalized spacial score (nSPS) is 11.0. The summed E-state index contributed by atoms with van der Waals surface area (Å²) in [5, 5.41) is 8.78. The molecule has 2 N–H and O–H groups in total. The Hall–Kier alpha value is -2.82. The Morgan fingerprint density at radius 1 is 1.33 bits per heavy atom. The zero-order chi connectivity index (χ0) is 16.0. The molecule has 0 atom stereocenters. The van der Waals surface area contributed by atoms with E-state index in [1.807, 2.05) is 0 Å². The Balaban J connectivity index is 3.39. The number of rotatable bonds is 6. The van der Waals surface area contributed by atoms with Crippen molar-refractivity contribution in [2.75, 3.05) is 14.2 Å². The number of methoxy groups -OCH3 is 2. The Kier molecular flexibility index (Phi) is 5.48. The van der Waals surface area contributed by atoms with Gasteiger partial charge in [0, 0.05) is 0 Å². The zero-order valence-electron chi connectivity index (χ0n) is 11.2. The van der Waals surface area contributed by atoms with E-state index in [2.05, 4.69) is 4.74 Å². The van der Waals surface area contributed by atoms with Crippen LogP contribution in [0.25, 0.3) is 6.08 Å². The molecule has 0 radical (unpaired) electrons. The van der Waals surface area contributed by atoms with Gasteiger partial charge in [-0.25, -0.2) is 0 Å². The van der Waals surface area contributed by atoms with Crippen molar-refractivity contribution in [3.63, 3.8) is 0 Å². The number of nitriles is 1. The molecular formula is C13H12F2N2O4. The highest BCUT2D eigenvalue weighted by atomic mass is 19.3. The summed E-state index contributed by atoms with van der Waals surface area (Å²) >= 11 is 0. The van der Waals surface area contributed by atoms with Crippen LogP contribution in [-0.4, -0.2) is 26.7 Å². The molecule has 0 unspecified atom stereocenters. The molecule has 0 spiro atoms. The van der Waals surface area contributed by atoms with Crippen LogP contribution in [0.3, 0.4) is 0 Å². The van der Waals surface area contributed by atoms with Crippen LogP contribution in [0.5, 0.6) is 17.2 Å². The lowest BCUT2D eigenvalue weighted by Crippen LogP contribution is -2.12. The topological polar surface area (TPSA) is 94.6 Å². The molecule has 0 heterocycles. The third-order valence-electron chi connectivity index (χ3n) is 2.39. The lowest BCUT2D eigenvalue weighted by molar-refractivity contribution is -0.114. The number of nitrogens with two attached hydrogens (primary N) is 1.